The molecule has 3 aliphatic carbocycles. The molecule has 4 N–H and O–H groups in total. The molecule has 2 aromatic carbocycles. The standard InChI is InChI=1S/C39H47BF3N5O6/c1-6-31(40-53-30-16-25-15-29(36(25,2)3)38(30,5)54-40)47-33(51)28-17-37(4,18-32(50)46-26-13-8-7-11-23(26)21-49)35-45-20-27(34(52)48(28)35)44-19-22-10-9-12-24(14-22)39(41,42)43/h7-14,20,25,28-31,44,49H,6,15-19,21H2,1-5H3,(H,46,50)(H,47,51)/t25-,28-,29-,30+,31-,37-,38-/m0/s1. The van der Waals surface area contributed by atoms with Gasteiger partial charge in [0.15, 0.2) is 0 Å². The van der Waals surface area contributed by atoms with Crippen LogP contribution in [0.1, 0.15) is 95.3 Å². The summed E-state index contributed by atoms with van der Waals surface area (Å²) in [5.41, 5.74) is -1.56. The van der Waals surface area contributed by atoms with Crippen molar-refractivity contribution in [3.8, 4) is 0 Å². The maximum Gasteiger partial charge on any atom is 0.481 e. The Morgan fingerprint density at radius 1 is 1.09 bits per heavy atom. The quantitative estimate of drug-likeness (QED) is 0.181. The number of alkyl halides is 3. The van der Waals surface area contributed by atoms with Gasteiger partial charge in [-0.2, -0.15) is 13.2 Å². The fourth-order valence-electron chi connectivity index (χ4n) is 9.39. The number of nitrogens with zero attached hydrogens (tertiary/aromatic N) is 2. The number of carbonyl (C=O) groups is 2. The SMILES string of the molecule is CC[C@H](NC(=O)[C@@H]1C[C@@](C)(CC(=O)Nc2ccccc2CO)c2ncc(NCc3cccc(C(F)(F)F)c3)c(=O)n21)B1O[C@@H]2C[C@@H]3C[C@@H](C3(C)C)[C@]2(C)O1. The minimum Gasteiger partial charge on any atom is -0.404 e. The van der Waals surface area contributed by atoms with Crippen LogP contribution in [0.25, 0.3) is 0 Å². The van der Waals surface area contributed by atoms with E-state index in [1.165, 1.54) is 22.9 Å². The van der Waals surface area contributed by atoms with Gasteiger partial charge in [-0.3, -0.25) is 19.0 Å². The maximum absolute atomic E-state index is 14.4. The van der Waals surface area contributed by atoms with Crippen LogP contribution in [0.4, 0.5) is 24.5 Å². The lowest BCUT2D eigenvalue weighted by molar-refractivity contribution is -0.199. The summed E-state index contributed by atoms with van der Waals surface area (Å²) < 4.78 is 54.6. The molecule has 3 saturated carbocycles. The Balaban J connectivity index is 1.15. The van der Waals surface area contributed by atoms with Gasteiger partial charge in [0.05, 0.1) is 36.0 Å². The van der Waals surface area contributed by atoms with Crippen LogP contribution in [-0.4, -0.2) is 51.2 Å². The van der Waals surface area contributed by atoms with Gasteiger partial charge in [0.25, 0.3) is 5.56 Å². The molecule has 0 spiro atoms. The Morgan fingerprint density at radius 3 is 2.56 bits per heavy atom. The third-order valence-corrected chi connectivity index (χ3v) is 12.6. The van der Waals surface area contributed by atoms with Crippen LogP contribution in [0.15, 0.2) is 59.5 Å². The van der Waals surface area contributed by atoms with E-state index in [4.69, 9.17) is 9.31 Å². The van der Waals surface area contributed by atoms with E-state index in [1.54, 1.807) is 31.2 Å². The number of rotatable bonds is 11. The van der Waals surface area contributed by atoms with E-state index in [1.807, 2.05) is 6.92 Å². The topological polar surface area (TPSA) is 144 Å². The van der Waals surface area contributed by atoms with Crippen LogP contribution in [-0.2, 0) is 43.6 Å². The Morgan fingerprint density at radius 2 is 1.85 bits per heavy atom. The molecule has 15 heteroatoms. The minimum absolute atomic E-state index is 0.00682. The van der Waals surface area contributed by atoms with Gasteiger partial charge in [0, 0.05) is 29.6 Å². The molecule has 4 fully saturated rings. The molecule has 1 saturated heterocycles. The second-order valence-electron chi connectivity index (χ2n) is 16.4. The highest BCUT2D eigenvalue weighted by Crippen LogP contribution is 2.65. The third-order valence-electron chi connectivity index (χ3n) is 12.6. The normalized spacial score (nSPS) is 28.4. The lowest BCUT2D eigenvalue weighted by Gasteiger charge is -2.64. The van der Waals surface area contributed by atoms with Crippen molar-refractivity contribution in [2.45, 2.75) is 115 Å². The van der Waals surface area contributed by atoms with Crippen molar-refractivity contribution in [1.82, 2.24) is 14.9 Å². The van der Waals surface area contributed by atoms with Gasteiger partial charge < -0.3 is 30.4 Å². The number of benzene rings is 2. The van der Waals surface area contributed by atoms with E-state index in [0.29, 0.717) is 35.1 Å². The van der Waals surface area contributed by atoms with Crippen molar-refractivity contribution < 1.29 is 37.2 Å². The number of hydrogen-bond donors (Lipinski definition) is 4. The van der Waals surface area contributed by atoms with Gasteiger partial charge in [0.2, 0.25) is 11.8 Å². The zero-order valence-corrected chi connectivity index (χ0v) is 31.1. The van der Waals surface area contributed by atoms with E-state index in [0.717, 1.165) is 25.0 Å². The lowest BCUT2D eigenvalue weighted by atomic mass is 9.43. The first-order chi connectivity index (χ1) is 25.5. The number of aliphatic hydroxyl groups is 1. The average molecular weight is 750 g/mol. The molecule has 3 heterocycles. The molecule has 5 aliphatic rings. The van der Waals surface area contributed by atoms with Gasteiger partial charge >= 0.3 is 13.3 Å². The number of halogens is 3. The van der Waals surface area contributed by atoms with Crippen molar-refractivity contribution >= 4 is 30.3 Å². The Labute approximate surface area is 312 Å². The largest absolute Gasteiger partial charge is 0.481 e. The average Bonchev–Trinajstić information content (AvgIpc) is 3.64. The molecule has 288 valence electrons. The first-order valence-electron chi connectivity index (χ1n) is 18.6. The van der Waals surface area contributed by atoms with Crippen LogP contribution in [0.3, 0.4) is 0 Å². The summed E-state index contributed by atoms with van der Waals surface area (Å²) in [6.45, 7) is 9.97. The molecule has 2 amide bonds. The van der Waals surface area contributed by atoms with E-state index in [-0.39, 0.29) is 49.0 Å². The molecule has 0 unspecified atom stereocenters. The number of carbonyl (C=O) groups excluding carboxylic acids is 2. The smallest absolute Gasteiger partial charge is 0.404 e. The molecule has 1 aromatic heterocycles. The highest BCUT2D eigenvalue weighted by Gasteiger charge is 2.68. The number of aliphatic hydroxyl groups excluding tert-OH is 1. The number of hydrogen-bond acceptors (Lipinski definition) is 8. The van der Waals surface area contributed by atoms with Gasteiger partial charge in [-0.15, -0.1) is 0 Å². The van der Waals surface area contributed by atoms with E-state index < -0.39 is 59.2 Å². The summed E-state index contributed by atoms with van der Waals surface area (Å²) in [5.74, 6) is -0.284. The Kier molecular flexibility index (Phi) is 9.75. The highest BCUT2D eigenvalue weighted by molar-refractivity contribution is 6.47. The molecular formula is C39H47BF3N5O6. The van der Waals surface area contributed by atoms with Crippen LogP contribution in [0.2, 0.25) is 0 Å². The van der Waals surface area contributed by atoms with E-state index in [2.05, 4.69) is 41.7 Å². The van der Waals surface area contributed by atoms with Crippen LogP contribution < -0.4 is 21.5 Å². The molecule has 11 nitrogen and oxygen atoms in total. The first kappa shape index (κ1) is 38.1. The van der Waals surface area contributed by atoms with E-state index >= 15 is 0 Å². The Hall–Kier alpha value is -4.21. The highest BCUT2D eigenvalue weighted by atomic mass is 19.4. The molecule has 0 radical (unpaired) electrons. The number of anilines is 2. The zero-order valence-electron chi connectivity index (χ0n) is 31.1. The first-order valence-corrected chi connectivity index (χ1v) is 18.6. The van der Waals surface area contributed by atoms with Crippen molar-refractivity contribution in [1.29, 1.82) is 0 Å². The molecule has 54 heavy (non-hydrogen) atoms. The predicted molar refractivity (Wildman–Crippen MR) is 196 cm³/mol. The van der Waals surface area contributed by atoms with Crippen molar-refractivity contribution in [3.63, 3.8) is 0 Å². The molecular weight excluding hydrogens is 702 g/mol. The second-order valence-corrected chi connectivity index (χ2v) is 16.4. The molecule has 3 aromatic rings. The van der Waals surface area contributed by atoms with Crippen LogP contribution >= 0.6 is 0 Å². The molecule has 8 rings (SSSR count). The van der Waals surface area contributed by atoms with Crippen LogP contribution in [0, 0.1) is 17.3 Å². The van der Waals surface area contributed by atoms with Crippen molar-refractivity contribution in [3.05, 3.63) is 87.6 Å². The fourth-order valence-corrected chi connectivity index (χ4v) is 9.39. The fraction of sp³-hybridized carbons (Fsp3) is 0.538. The third kappa shape index (κ3) is 6.61. The second kappa shape index (κ2) is 13.8. The van der Waals surface area contributed by atoms with Gasteiger partial charge in [-0.25, -0.2) is 4.98 Å². The van der Waals surface area contributed by atoms with Gasteiger partial charge in [0.1, 0.15) is 17.6 Å². The Bertz CT molecular complexity index is 2010. The number of aromatic nitrogens is 2. The van der Waals surface area contributed by atoms with Crippen molar-refractivity contribution in [2.75, 3.05) is 10.6 Å². The summed E-state index contributed by atoms with van der Waals surface area (Å²) in [6.07, 6.45) is -0.936. The summed E-state index contributed by atoms with van der Waals surface area (Å²) in [5, 5.41) is 18.7. The number of fused-ring (bicyclic) bond motifs is 1. The summed E-state index contributed by atoms with van der Waals surface area (Å²) in [6, 6.07) is 10.6. The summed E-state index contributed by atoms with van der Waals surface area (Å²) >= 11 is 0. The predicted octanol–water partition coefficient (Wildman–Crippen LogP) is 5.76. The molecule has 7 atom stereocenters. The maximum atomic E-state index is 14.4. The monoisotopic (exact) mass is 749 g/mol. The summed E-state index contributed by atoms with van der Waals surface area (Å²) in [4.78, 5) is 46.7. The minimum atomic E-state index is -4.53. The summed E-state index contributed by atoms with van der Waals surface area (Å²) in [7, 11) is -0.691. The molecule has 2 aliphatic heterocycles. The lowest BCUT2D eigenvalue weighted by Crippen LogP contribution is -2.65. The number of amides is 2. The zero-order chi connectivity index (χ0) is 38.8. The van der Waals surface area contributed by atoms with Crippen molar-refractivity contribution in [2.24, 2.45) is 17.3 Å². The van der Waals surface area contributed by atoms with E-state index in [9.17, 15) is 32.7 Å². The number of nitrogens with one attached hydrogen (secondary N) is 3. The van der Waals surface area contributed by atoms with Gasteiger partial charge in [-0.05, 0) is 73.6 Å². The van der Waals surface area contributed by atoms with Gasteiger partial charge in [-0.1, -0.05) is 58.0 Å². The van der Waals surface area contributed by atoms with Crippen LogP contribution in [0.5, 0.6) is 0 Å². The molecule has 2 bridgehead atoms. The number of para-hydroxylation sites is 1.